The maximum atomic E-state index is 14.5. The van der Waals surface area contributed by atoms with Crippen LogP contribution >= 0.6 is 0 Å². The molecule has 17 nitrogen and oxygen atoms in total. The highest BCUT2D eigenvalue weighted by Crippen LogP contribution is 2.50. The molecule has 4 aliphatic heterocycles. The standard InChI is InChI=1S/C78H46N4O13S2/c1-3-96(91,92)45-13-9-39-35-43(11-7-41(39)37-45)81-75(87)59-27-19-51-47-15-23-55-67-56(24-16-48(63(47)67)52-20-28-60(76(81)88)69(59)65(51)52)72(84)79(71(55)83)31-5-33-95-34-6-32-80-73(85)57-25-17-49-53-21-29-61-70-62(30-22-54(66(53)70)50-18-26-58(74(80)86)68(57)64(49)50)78(90)82(77(61)89)44-12-8-42-38-46(97(93,94)4-2)14-10-40(42)36-44/h3-4,7-30,35-38H,1-2,5-6,31-34H2. The molecular formula is C78H46N4O13S2. The second kappa shape index (κ2) is 20.3. The lowest BCUT2D eigenvalue weighted by molar-refractivity contribution is 0.0567. The average Bonchev–Trinajstić information content (AvgIpc) is 0.695. The summed E-state index contributed by atoms with van der Waals surface area (Å²) < 4.78 is 56.0. The molecule has 0 spiro atoms. The van der Waals surface area contributed by atoms with Gasteiger partial charge in [-0.25, -0.2) is 26.6 Å². The van der Waals surface area contributed by atoms with Crippen molar-refractivity contribution in [3.63, 3.8) is 0 Å². The number of sulfone groups is 2. The fourth-order valence-electron chi connectivity index (χ4n) is 15.5. The summed E-state index contributed by atoms with van der Waals surface area (Å²) in [4.78, 5) is 121. The Morgan fingerprint density at radius 2 is 0.546 bits per heavy atom. The number of rotatable bonds is 14. The highest BCUT2D eigenvalue weighted by Gasteiger charge is 2.41. The van der Waals surface area contributed by atoms with Gasteiger partial charge in [-0.3, -0.25) is 48.2 Å². The number of benzene rings is 14. The lowest BCUT2D eigenvalue weighted by Gasteiger charge is -2.30. The van der Waals surface area contributed by atoms with Crippen LogP contribution in [-0.2, 0) is 24.4 Å². The van der Waals surface area contributed by atoms with Gasteiger partial charge in [0.05, 0.1) is 21.2 Å². The first-order valence-electron chi connectivity index (χ1n) is 31.2. The van der Waals surface area contributed by atoms with E-state index in [0.29, 0.717) is 133 Å². The Hall–Kier alpha value is -11.9. The van der Waals surface area contributed by atoms with Crippen LogP contribution in [-0.4, -0.2) is 100 Å². The number of carbonyl (C=O) groups excluding carboxylic acids is 8. The van der Waals surface area contributed by atoms with Crippen LogP contribution in [0.1, 0.15) is 95.7 Å². The highest BCUT2D eigenvalue weighted by atomic mass is 32.2. The van der Waals surface area contributed by atoms with Crippen molar-refractivity contribution >= 4 is 186 Å². The zero-order valence-corrected chi connectivity index (χ0v) is 52.5. The number of hydrogen-bond donors (Lipinski definition) is 0. The number of carbonyl (C=O) groups is 8. The Morgan fingerprint density at radius 3 is 0.814 bits per heavy atom. The molecule has 0 atom stereocenters. The van der Waals surface area contributed by atoms with E-state index in [2.05, 4.69) is 13.2 Å². The number of hydrogen-bond acceptors (Lipinski definition) is 13. The maximum absolute atomic E-state index is 14.5. The number of imide groups is 4. The van der Waals surface area contributed by atoms with Gasteiger partial charge in [-0.1, -0.05) is 86.0 Å². The van der Waals surface area contributed by atoms with Crippen molar-refractivity contribution in [1.82, 2.24) is 9.80 Å². The molecule has 0 aromatic heterocycles. The third kappa shape index (κ3) is 7.89. The first-order chi connectivity index (χ1) is 46.9. The molecule has 0 radical (unpaired) electrons. The van der Waals surface area contributed by atoms with Crippen LogP contribution in [0.15, 0.2) is 204 Å². The lowest BCUT2D eigenvalue weighted by Crippen LogP contribution is -2.41. The molecule has 468 valence electrons. The molecule has 0 unspecified atom stereocenters. The predicted octanol–water partition coefficient (Wildman–Crippen LogP) is 14.2. The van der Waals surface area contributed by atoms with Crippen molar-refractivity contribution in [2.45, 2.75) is 22.6 Å². The van der Waals surface area contributed by atoms with Gasteiger partial charge in [0.2, 0.25) is 0 Å². The SMILES string of the molecule is C=CS(=O)(=O)c1ccc2cc(N3C(=O)c4ccc5c6ccc7c8c(ccc(c9ccc(c4c59)C3=O)c86)C(=O)N(CCCOCCCN3C(=O)c4ccc5c6ccc8c9c(ccc(c%10ccc(c4c5%10)C3=O)c96)C(=O)N(c3ccc4cc(S(=O)(=O)C=C)ccc4c3)C8=O)C7=O)ccc2c1. The van der Waals surface area contributed by atoms with Gasteiger partial charge in [-0.05, 0) is 196 Å². The van der Waals surface area contributed by atoms with Crippen LogP contribution in [0, 0.1) is 0 Å². The van der Waals surface area contributed by atoms with Gasteiger partial charge in [0.1, 0.15) is 0 Å². The summed E-state index contributed by atoms with van der Waals surface area (Å²) in [7, 11) is -7.38. The quantitative estimate of drug-likeness (QED) is 0.0428. The molecule has 97 heavy (non-hydrogen) atoms. The van der Waals surface area contributed by atoms with Crippen molar-refractivity contribution in [1.29, 1.82) is 0 Å². The van der Waals surface area contributed by atoms with Gasteiger partial charge >= 0.3 is 0 Å². The molecule has 14 aromatic carbocycles. The van der Waals surface area contributed by atoms with Crippen LogP contribution in [0.4, 0.5) is 11.4 Å². The second-order valence-corrected chi connectivity index (χ2v) is 28.6. The Labute approximate surface area is 549 Å². The molecule has 14 aromatic rings. The normalized spacial score (nSPS) is 15.0. The topological polar surface area (TPSA) is 227 Å². The first kappa shape index (κ1) is 57.7. The van der Waals surface area contributed by atoms with Crippen LogP contribution in [0.3, 0.4) is 0 Å². The third-order valence-electron chi connectivity index (χ3n) is 20.0. The van der Waals surface area contributed by atoms with Crippen LogP contribution in [0.25, 0.3) is 108 Å². The van der Waals surface area contributed by atoms with E-state index in [1.54, 1.807) is 97.1 Å². The molecule has 19 heteroatoms. The summed E-state index contributed by atoms with van der Waals surface area (Å²) in [6.45, 7) is 7.28. The van der Waals surface area contributed by atoms with Crippen LogP contribution in [0.2, 0.25) is 0 Å². The summed E-state index contributed by atoms with van der Waals surface area (Å²) in [6, 6.07) is 47.5. The van der Waals surface area contributed by atoms with Crippen molar-refractivity contribution in [2.75, 3.05) is 36.1 Å². The number of anilines is 2. The van der Waals surface area contributed by atoms with Gasteiger partial charge in [-0.15, -0.1) is 0 Å². The Kier molecular flexibility index (Phi) is 12.1. The monoisotopic (exact) mass is 1310 g/mol. The Balaban J connectivity index is 0.554. The molecule has 0 bridgehead atoms. The summed E-state index contributed by atoms with van der Waals surface area (Å²) >= 11 is 0. The first-order valence-corrected chi connectivity index (χ1v) is 34.3. The minimum Gasteiger partial charge on any atom is -0.381 e. The zero-order valence-electron chi connectivity index (χ0n) is 50.9. The average molecular weight is 1310 g/mol. The number of amides is 8. The molecule has 0 saturated carbocycles. The summed E-state index contributed by atoms with van der Waals surface area (Å²) in [5, 5.41) is 15.0. The molecular weight excluding hydrogens is 1270 g/mol. The summed E-state index contributed by atoms with van der Waals surface area (Å²) in [5.74, 6) is -3.93. The second-order valence-electron chi connectivity index (χ2n) is 24.8. The van der Waals surface area contributed by atoms with Gasteiger partial charge in [0, 0.05) is 103 Å². The van der Waals surface area contributed by atoms with E-state index >= 15 is 0 Å². The van der Waals surface area contributed by atoms with Crippen molar-refractivity contribution in [3.05, 3.63) is 238 Å². The summed E-state index contributed by atoms with van der Waals surface area (Å²) in [6.07, 6.45) is 0.609. The minimum absolute atomic E-state index is 0.0583. The van der Waals surface area contributed by atoms with E-state index in [4.69, 9.17) is 4.74 Å². The van der Waals surface area contributed by atoms with Crippen molar-refractivity contribution < 1.29 is 59.9 Å². The fourth-order valence-corrected chi connectivity index (χ4v) is 17.0. The van der Waals surface area contributed by atoms with E-state index in [1.807, 2.05) is 48.5 Å². The van der Waals surface area contributed by atoms with E-state index in [1.165, 1.54) is 34.1 Å². The van der Waals surface area contributed by atoms with Gasteiger partial charge in [0.15, 0.2) is 19.7 Å². The number of fused-ring (bicyclic) bond motifs is 6. The molecule has 18 rings (SSSR count). The van der Waals surface area contributed by atoms with Gasteiger partial charge in [-0.2, -0.15) is 0 Å². The van der Waals surface area contributed by atoms with E-state index in [9.17, 15) is 55.2 Å². The number of ether oxygens (including phenoxy) is 1. The van der Waals surface area contributed by atoms with Crippen molar-refractivity contribution in [2.24, 2.45) is 0 Å². The Bertz CT molecular complexity index is 5850. The minimum atomic E-state index is -3.69. The van der Waals surface area contributed by atoms with E-state index < -0.39 is 66.9 Å². The van der Waals surface area contributed by atoms with E-state index in [-0.39, 0.29) is 36.1 Å². The lowest BCUT2D eigenvalue weighted by atomic mass is 9.82. The molecule has 4 aliphatic rings. The molecule has 0 saturated heterocycles. The highest BCUT2D eigenvalue weighted by molar-refractivity contribution is 7.94. The molecule has 0 fully saturated rings. The van der Waals surface area contributed by atoms with Crippen molar-refractivity contribution in [3.8, 4) is 0 Å². The summed E-state index contributed by atoms with van der Waals surface area (Å²) in [5.41, 5.74) is 3.35. The van der Waals surface area contributed by atoms with Gasteiger partial charge in [0.25, 0.3) is 47.3 Å². The molecule has 4 heterocycles. The third-order valence-corrected chi connectivity index (χ3v) is 22.7. The van der Waals surface area contributed by atoms with Crippen LogP contribution in [0.5, 0.6) is 0 Å². The number of nitrogens with zero attached hydrogens (tertiary/aromatic N) is 4. The van der Waals surface area contributed by atoms with E-state index in [0.717, 1.165) is 63.7 Å². The molecule has 0 N–H and O–H groups in total. The maximum Gasteiger partial charge on any atom is 0.265 e. The molecule has 8 amide bonds. The molecule has 0 aliphatic carbocycles. The predicted molar refractivity (Wildman–Crippen MR) is 371 cm³/mol. The largest absolute Gasteiger partial charge is 0.381 e. The Morgan fingerprint density at radius 1 is 0.299 bits per heavy atom. The van der Waals surface area contributed by atoms with Crippen LogP contribution < -0.4 is 9.80 Å². The fraction of sp³-hybridized carbons (Fsp3) is 0.0769. The zero-order chi connectivity index (χ0) is 66.6. The smallest absolute Gasteiger partial charge is 0.265 e. The van der Waals surface area contributed by atoms with Gasteiger partial charge < -0.3 is 4.74 Å².